The monoisotopic (exact) mass is 397 g/mol. The topological polar surface area (TPSA) is 59.3 Å². The Morgan fingerprint density at radius 1 is 0.967 bits per heavy atom. The number of hydrogen-bond donors (Lipinski definition) is 1. The highest BCUT2D eigenvalue weighted by atomic mass is 16.4. The summed E-state index contributed by atoms with van der Waals surface area (Å²) >= 11 is 0. The standard InChI is InChI=1S/C26H23NO3/c1-3-17(2)21-9-5-6-10-23(21)27-25(28)19-14-12-18(13-15-19)22-16-20-8-4-7-11-24(20)30-26(22)29/h4-17H,3H2,1-2H3,(H,27,28). The molecule has 4 heteroatoms. The first-order valence-electron chi connectivity index (χ1n) is 10.1. The molecule has 0 bridgehead atoms. The van der Waals surface area contributed by atoms with Gasteiger partial charge in [-0.25, -0.2) is 4.79 Å². The average Bonchev–Trinajstić information content (AvgIpc) is 2.78. The third-order valence-electron chi connectivity index (χ3n) is 5.45. The van der Waals surface area contributed by atoms with Crippen molar-refractivity contribution < 1.29 is 9.21 Å². The fourth-order valence-corrected chi connectivity index (χ4v) is 3.52. The van der Waals surface area contributed by atoms with Crippen LogP contribution >= 0.6 is 0 Å². The molecule has 0 aliphatic heterocycles. The Morgan fingerprint density at radius 2 is 1.67 bits per heavy atom. The van der Waals surface area contributed by atoms with E-state index in [2.05, 4.69) is 19.2 Å². The van der Waals surface area contributed by atoms with Gasteiger partial charge in [-0.2, -0.15) is 0 Å². The summed E-state index contributed by atoms with van der Waals surface area (Å²) in [5.74, 6) is 0.179. The quantitative estimate of drug-likeness (QED) is 0.406. The Hall–Kier alpha value is -3.66. The number of benzene rings is 3. The lowest BCUT2D eigenvalue weighted by Crippen LogP contribution is -2.14. The molecule has 1 atom stereocenters. The molecule has 0 fully saturated rings. The first-order chi connectivity index (χ1) is 14.6. The lowest BCUT2D eigenvalue weighted by atomic mass is 9.96. The number of carbonyl (C=O) groups is 1. The van der Waals surface area contributed by atoms with Crippen molar-refractivity contribution in [3.63, 3.8) is 0 Å². The number of fused-ring (bicyclic) bond motifs is 1. The minimum atomic E-state index is -0.395. The zero-order valence-corrected chi connectivity index (χ0v) is 17.0. The smallest absolute Gasteiger partial charge is 0.344 e. The number of carbonyl (C=O) groups excluding carboxylic acids is 1. The van der Waals surface area contributed by atoms with Crippen LogP contribution in [0.2, 0.25) is 0 Å². The summed E-state index contributed by atoms with van der Waals surface area (Å²) in [6.45, 7) is 4.28. The lowest BCUT2D eigenvalue weighted by molar-refractivity contribution is 0.102. The Kier molecular flexibility index (Phi) is 5.48. The summed E-state index contributed by atoms with van der Waals surface area (Å²) in [6, 6.07) is 24.1. The Balaban J connectivity index is 1.60. The molecule has 0 aliphatic rings. The molecular formula is C26H23NO3. The first kappa shape index (κ1) is 19.6. The third-order valence-corrected chi connectivity index (χ3v) is 5.45. The summed E-state index contributed by atoms with van der Waals surface area (Å²) in [5.41, 5.74) is 3.84. The number of anilines is 1. The highest BCUT2D eigenvalue weighted by Gasteiger charge is 2.13. The SMILES string of the molecule is CCC(C)c1ccccc1NC(=O)c1ccc(-c2cc3ccccc3oc2=O)cc1. The van der Waals surface area contributed by atoms with Crippen LogP contribution in [0, 0.1) is 0 Å². The number of hydrogen-bond acceptors (Lipinski definition) is 3. The van der Waals surface area contributed by atoms with E-state index in [-0.39, 0.29) is 5.91 Å². The van der Waals surface area contributed by atoms with Gasteiger partial charge in [0.15, 0.2) is 0 Å². The molecule has 0 saturated heterocycles. The fraction of sp³-hybridized carbons (Fsp3) is 0.154. The maximum absolute atomic E-state index is 12.8. The third kappa shape index (κ3) is 3.90. The number of nitrogens with one attached hydrogen (secondary N) is 1. The van der Waals surface area contributed by atoms with Crippen molar-refractivity contribution >= 4 is 22.6 Å². The zero-order valence-electron chi connectivity index (χ0n) is 17.0. The van der Waals surface area contributed by atoms with Crippen molar-refractivity contribution in [3.8, 4) is 11.1 Å². The average molecular weight is 397 g/mol. The van der Waals surface area contributed by atoms with Gasteiger partial charge in [0.25, 0.3) is 5.91 Å². The summed E-state index contributed by atoms with van der Waals surface area (Å²) in [5, 5.41) is 3.87. The predicted octanol–water partition coefficient (Wildman–Crippen LogP) is 6.23. The molecule has 1 heterocycles. The number of para-hydroxylation sites is 2. The van der Waals surface area contributed by atoms with Gasteiger partial charge in [-0.15, -0.1) is 0 Å². The van der Waals surface area contributed by atoms with Crippen LogP contribution in [0.25, 0.3) is 22.1 Å². The van der Waals surface area contributed by atoms with Crippen molar-refractivity contribution in [2.75, 3.05) is 5.32 Å². The van der Waals surface area contributed by atoms with E-state index < -0.39 is 5.63 Å². The van der Waals surface area contributed by atoms with Crippen molar-refractivity contribution in [1.29, 1.82) is 0 Å². The molecule has 3 aromatic carbocycles. The Labute approximate surface area is 175 Å². The summed E-state index contributed by atoms with van der Waals surface area (Å²) in [7, 11) is 0. The zero-order chi connectivity index (χ0) is 21.1. The van der Waals surface area contributed by atoms with Gasteiger partial charge in [-0.1, -0.05) is 62.4 Å². The van der Waals surface area contributed by atoms with E-state index in [9.17, 15) is 9.59 Å². The summed E-state index contributed by atoms with van der Waals surface area (Å²) in [4.78, 5) is 25.2. The van der Waals surface area contributed by atoms with Crippen LogP contribution in [0.15, 0.2) is 88.1 Å². The summed E-state index contributed by atoms with van der Waals surface area (Å²) in [6.07, 6.45) is 0.996. The molecule has 4 rings (SSSR count). The maximum atomic E-state index is 12.8. The highest BCUT2D eigenvalue weighted by Crippen LogP contribution is 2.27. The van der Waals surface area contributed by atoms with E-state index in [4.69, 9.17) is 4.42 Å². The lowest BCUT2D eigenvalue weighted by Gasteiger charge is -2.15. The maximum Gasteiger partial charge on any atom is 0.344 e. The van der Waals surface area contributed by atoms with Gasteiger partial charge in [-0.3, -0.25) is 4.79 Å². The van der Waals surface area contributed by atoms with Crippen LogP contribution in [0.4, 0.5) is 5.69 Å². The van der Waals surface area contributed by atoms with E-state index >= 15 is 0 Å². The molecule has 150 valence electrons. The van der Waals surface area contributed by atoms with E-state index in [1.165, 1.54) is 0 Å². The van der Waals surface area contributed by atoms with E-state index in [1.54, 1.807) is 30.3 Å². The van der Waals surface area contributed by atoms with Crippen LogP contribution in [0.1, 0.15) is 42.1 Å². The second kappa shape index (κ2) is 8.37. The van der Waals surface area contributed by atoms with Crippen molar-refractivity contribution in [1.82, 2.24) is 0 Å². The Bertz CT molecular complexity index is 1260. The van der Waals surface area contributed by atoms with Crippen molar-refractivity contribution in [2.24, 2.45) is 0 Å². The van der Waals surface area contributed by atoms with Gasteiger partial charge in [-0.05, 0) is 53.8 Å². The second-order valence-electron chi connectivity index (χ2n) is 7.41. The Morgan fingerprint density at radius 3 is 2.43 bits per heavy atom. The predicted molar refractivity (Wildman–Crippen MR) is 121 cm³/mol. The van der Waals surface area contributed by atoms with Gasteiger partial charge >= 0.3 is 5.63 Å². The van der Waals surface area contributed by atoms with Crippen molar-refractivity contribution in [2.45, 2.75) is 26.2 Å². The summed E-state index contributed by atoms with van der Waals surface area (Å²) < 4.78 is 5.42. The van der Waals surface area contributed by atoms with Crippen molar-refractivity contribution in [3.05, 3.63) is 100 Å². The minimum Gasteiger partial charge on any atom is -0.422 e. The molecule has 1 amide bonds. The highest BCUT2D eigenvalue weighted by molar-refractivity contribution is 6.05. The largest absolute Gasteiger partial charge is 0.422 e. The van der Waals surface area contributed by atoms with Gasteiger partial charge in [0.1, 0.15) is 5.58 Å². The van der Waals surface area contributed by atoms with E-state index in [0.717, 1.165) is 23.1 Å². The first-order valence-corrected chi connectivity index (χ1v) is 10.1. The van der Waals surface area contributed by atoms with Gasteiger partial charge in [0.05, 0.1) is 5.56 Å². The van der Waals surface area contributed by atoms with Crippen LogP contribution < -0.4 is 10.9 Å². The normalized spacial score (nSPS) is 11.9. The fourth-order valence-electron chi connectivity index (χ4n) is 3.52. The van der Waals surface area contributed by atoms with Crippen LogP contribution in [0.3, 0.4) is 0 Å². The van der Waals surface area contributed by atoms with Crippen LogP contribution in [0.5, 0.6) is 0 Å². The molecule has 1 aromatic heterocycles. The molecule has 4 aromatic rings. The molecule has 4 nitrogen and oxygen atoms in total. The van der Waals surface area contributed by atoms with E-state index in [0.29, 0.717) is 28.2 Å². The molecule has 0 aliphatic carbocycles. The van der Waals surface area contributed by atoms with Crippen LogP contribution in [-0.2, 0) is 0 Å². The van der Waals surface area contributed by atoms with Gasteiger partial charge in [0, 0.05) is 16.6 Å². The van der Waals surface area contributed by atoms with Crippen LogP contribution in [-0.4, -0.2) is 5.91 Å². The second-order valence-corrected chi connectivity index (χ2v) is 7.41. The molecule has 0 radical (unpaired) electrons. The van der Waals surface area contributed by atoms with Gasteiger partial charge in [0.2, 0.25) is 0 Å². The molecular weight excluding hydrogens is 374 g/mol. The minimum absolute atomic E-state index is 0.178. The van der Waals surface area contributed by atoms with E-state index in [1.807, 2.05) is 48.5 Å². The molecule has 0 spiro atoms. The molecule has 1 unspecified atom stereocenters. The van der Waals surface area contributed by atoms with Gasteiger partial charge < -0.3 is 9.73 Å². The molecule has 1 N–H and O–H groups in total. The molecule has 0 saturated carbocycles. The number of rotatable bonds is 5. The number of amides is 1. The molecule has 30 heavy (non-hydrogen) atoms.